The molecular formula is C14H13BrN2O3. The van der Waals surface area contributed by atoms with Gasteiger partial charge in [-0.15, -0.1) is 0 Å². The van der Waals surface area contributed by atoms with Crippen molar-refractivity contribution in [1.82, 2.24) is 0 Å². The fraction of sp³-hybridized carbons (Fsp3) is 0.143. The smallest absolute Gasteiger partial charge is 0.271 e. The molecule has 0 aliphatic carbocycles. The third kappa shape index (κ3) is 3.48. The molecule has 0 bridgehead atoms. The van der Waals surface area contributed by atoms with Gasteiger partial charge in [0.05, 0.1) is 16.5 Å². The number of nitro groups is 1. The highest BCUT2D eigenvalue weighted by Crippen LogP contribution is 2.26. The number of halogens is 1. The molecule has 6 heteroatoms. The van der Waals surface area contributed by atoms with Crippen LogP contribution in [0.25, 0.3) is 0 Å². The molecule has 0 spiro atoms. The predicted octanol–water partition coefficient (Wildman–Crippen LogP) is 3.98. The molecule has 0 aliphatic heterocycles. The Bertz CT molecular complexity index is 632. The van der Waals surface area contributed by atoms with E-state index in [1.807, 2.05) is 18.2 Å². The highest BCUT2D eigenvalue weighted by atomic mass is 79.9. The summed E-state index contributed by atoms with van der Waals surface area (Å²) in [5.74, 6) is 0.768. The van der Waals surface area contributed by atoms with Crippen molar-refractivity contribution in [3.63, 3.8) is 0 Å². The average Bonchev–Trinajstić information content (AvgIpc) is 2.45. The minimum absolute atomic E-state index is 0.0749. The highest BCUT2D eigenvalue weighted by molar-refractivity contribution is 9.10. The molecule has 5 nitrogen and oxygen atoms in total. The van der Waals surface area contributed by atoms with Crippen molar-refractivity contribution in [3.8, 4) is 5.75 Å². The molecule has 104 valence electrons. The van der Waals surface area contributed by atoms with Crippen molar-refractivity contribution in [2.24, 2.45) is 0 Å². The number of non-ortho nitro benzene ring substituents is 1. The SMILES string of the molecule is COc1ccc(CNc2cccc([N+](=O)[O-])c2)cc1Br. The van der Waals surface area contributed by atoms with E-state index in [0.717, 1.165) is 15.8 Å². The zero-order valence-electron chi connectivity index (χ0n) is 10.8. The summed E-state index contributed by atoms with van der Waals surface area (Å²) in [6.07, 6.45) is 0. The van der Waals surface area contributed by atoms with Crippen molar-refractivity contribution in [2.75, 3.05) is 12.4 Å². The number of rotatable bonds is 5. The normalized spacial score (nSPS) is 10.1. The lowest BCUT2D eigenvalue weighted by atomic mass is 10.2. The fourth-order valence-electron chi connectivity index (χ4n) is 1.75. The number of anilines is 1. The van der Waals surface area contributed by atoms with Crippen molar-refractivity contribution in [2.45, 2.75) is 6.54 Å². The molecule has 2 rings (SSSR count). The summed E-state index contributed by atoms with van der Waals surface area (Å²) in [5.41, 5.74) is 1.83. The Labute approximate surface area is 124 Å². The maximum atomic E-state index is 10.7. The number of benzene rings is 2. The second kappa shape index (κ2) is 6.38. The maximum Gasteiger partial charge on any atom is 0.271 e. The van der Waals surface area contributed by atoms with Crippen LogP contribution in [0, 0.1) is 10.1 Å². The number of nitrogens with one attached hydrogen (secondary N) is 1. The lowest BCUT2D eigenvalue weighted by Crippen LogP contribution is -2.00. The Morgan fingerprint density at radius 1 is 1.30 bits per heavy atom. The van der Waals surface area contributed by atoms with Gasteiger partial charge in [-0.2, -0.15) is 0 Å². The summed E-state index contributed by atoms with van der Waals surface area (Å²) in [4.78, 5) is 10.3. The summed E-state index contributed by atoms with van der Waals surface area (Å²) in [6.45, 7) is 0.573. The molecule has 2 aromatic rings. The molecular weight excluding hydrogens is 324 g/mol. The monoisotopic (exact) mass is 336 g/mol. The molecule has 1 N–H and O–H groups in total. The molecule has 0 radical (unpaired) electrons. The Balaban J connectivity index is 2.07. The van der Waals surface area contributed by atoms with E-state index in [9.17, 15) is 10.1 Å². The van der Waals surface area contributed by atoms with E-state index in [0.29, 0.717) is 12.2 Å². The molecule has 0 aliphatic rings. The van der Waals surface area contributed by atoms with Crippen molar-refractivity contribution in [3.05, 3.63) is 62.6 Å². The fourth-order valence-corrected chi connectivity index (χ4v) is 2.34. The average molecular weight is 337 g/mol. The first-order chi connectivity index (χ1) is 9.60. The molecule has 20 heavy (non-hydrogen) atoms. The topological polar surface area (TPSA) is 64.4 Å². The maximum absolute atomic E-state index is 10.7. The van der Waals surface area contributed by atoms with Crippen LogP contribution < -0.4 is 10.1 Å². The number of ether oxygens (including phenoxy) is 1. The molecule has 0 unspecified atom stereocenters. The third-order valence-electron chi connectivity index (χ3n) is 2.77. The van der Waals surface area contributed by atoms with Crippen LogP contribution in [0.1, 0.15) is 5.56 Å². The van der Waals surface area contributed by atoms with E-state index in [4.69, 9.17) is 4.74 Å². The van der Waals surface area contributed by atoms with Gasteiger partial charge in [-0.05, 0) is 39.7 Å². The van der Waals surface area contributed by atoms with Gasteiger partial charge < -0.3 is 10.1 Å². The van der Waals surface area contributed by atoms with E-state index in [1.165, 1.54) is 12.1 Å². The lowest BCUT2D eigenvalue weighted by Gasteiger charge is -2.08. The molecule has 0 fully saturated rings. The van der Waals surface area contributed by atoms with Gasteiger partial charge in [0.2, 0.25) is 0 Å². The standard InChI is InChI=1S/C14H13BrN2O3/c1-20-14-6-5-10(7-13(14)15)9-16-11-3-2-4-12(8-11)17(18)19/h2-8,16H,9H2,1H3. The second-order valence-electron chi connectivity index (χ2n) is 4.13. The first kappa shape index (κ1) is 14.3. The highest BCUT2D eigenvalue weighted by Gasteiger charge is 2.06. The van der Waals surface area contributed by atoms with E-state index in [2.05, 4.69) is 21.2 Å². The predicted molar refractivity (Wildman–Crippen MR) is 81.1 cm³/mol. The van der Waals surface area contributed by atoms with Crippen molar-refractivity contribution < 1.29 is 9.66 Å². The van der Waals surface area contributed by atoms with Crippen LogP contribution in [-0.4, -0.2) is 12.0 Å². The molecule has 0 atom stereocenters. The van der Waals surface area contributed by atoms with Crippen molar-refractivity contribution in [1.29, 1.82) is 0 Å². The van der Waals surface area contributed by atoms with Gasteiger partial charge in [0, 0.05) is 24.4 Å². The Hall–Kier alpha value is -2.08. The van der Waals surface area contributed by atoms with Crippen LogP contribution in [0.5, 0.6) is 5.75 Å². The van der Waals surface area contributed by atoms with Gasteiger partial charge in [-0.3, -0.25) is 10.1 Å². The second-order valence-corrected chi connectivity index (χ2v) is 4.98. The van der Waals surface area contributed by atoms with Crippen LogP contribution >= 0.6 is 15.9 Å². The van der Waals surface area contributed by atoms with Gasteiger partial charge >= 0.3 is 0 Å². The van der Waals surface area contributed by atoms with Crippen LogP contribution in [-0.2, 0) is 6.54 Å². The van der Waals surface area contributed by atoms with Gasteiger partial charge in [-0.1, -0.05) is 12.1 Å². The van der Waals surface area contributed by atoms with Gasteiger partial charge in [0.15, 0.2) is 0 Å². The quantitative estimate of drug-likeness (QED) is 0.662. The molecule has 0 heterocycles. The summed E-state index contributed by atoms with van der Waals surface area (Å²) in [5, 5.41) is 13.9. The Morgan fingerprint density at radius 2 is 2.10 bits per heavy atom. The lowest BCUT2D eigenvalue weighted by molar-refractivity contribution is -0.384. The molecule has 0 amide bonds. The van der Waals surface area contributed by atoms with E-state index >= 15 is 0 Å². The molecule has 0 aromatic heterocycles. The zero-order chi connectivity index (χ0) is 14.5. The van der Waals surface area contributed by atoms with Gasteiger partial charge in [-0.25, -0.2) is 0 Å². The molecule has 2 aromatic carbocycles. The zero-order valence-corrected chi connectivity index (χ0v) is 12.4. The summed E-state index contributed by atoms with van der Waals surface area (Å²) in [7, 11) is 1.61. The number of nitro benzene ring substituents is 1. The summed E-state index contributed by atoms with van der Waals surface area (Å²) < 4.78 is 6.04. The number of hydrogen-bond acceptors (Lipinski definition) is 4. The van der Waals surface area contributed by atoms with Crippen LogP contribution in [0.3, 0.4) is 0 Å². The van der Waals surface area contributed by atoms with Gasteiger partial charge in [0.1, 0.15) is 5.75 Å². The third-order valence-corrected chi connectivity index (χ3v) is 3.39. The van der Waals surface area contributed by atoms with E-state index in [-0.39, 0.29) is 5.69 Å². The van der Waals surface area contributed by atoms with E-state index < -0.39 is 4.92 Å². The van der Waals surface area contributed by atoms with Crippen LogP contribution in [0.2, 0.25) is 0 Å². The van der Waals surface area contributed by atoms with Gasteiger partial charge in [0.25, 0.3) is 5.69 Å². The van der Waals surface area contributed by atoms with Crippen molar-refractivity contribution >= 4 is 27.3 Å². The summed E-state index contributed by atoms with van der Waals surface area (Å²) in [6, 6.07) is 12.2. The van der Waals surface area contributed by atoms with Crippen LogP contribution in [0.4, 0.5) is 11.4 Å². The number of hydrogen-bond donors (Lipinski definition) is 1. The Morgan fingerprint density at radius 3 is 2.75 bits per heavy atom. The molecule has 0 saturated heterocycles. The minimum atomic E-state index is -0.408. The Kier molecular flexibility index (Phi) is 4.57. The largest absolute Gasteiger partial charge is 0.496 e. The first-order valence-electron chi connectivity index (χ1n) is 5.91. The van der Waals surface area contributed by atoms with Crippen LogP contribution in [0.15, 0.2) is 46.9 Å². The molecule has 0 saturated carbocycles. The summed E-state index contributed by atoms with van der Waals surface area (Å²) >= 11 is 3.42. The first-order valence-corrected chi connectivity index (χ1v) is 6.70. The van der Waals surface area contributed by atoms with E-state index in [1.54, 1.807) is 19.2 Å². The number of nitrogens with zero attached hydrogens (tertiary/aromatic N) is 1. The minimum Gasteiger partial charge on any atom is -0.496 e. The number of methoxy groups -OCH3 is 1.